The minimum absolute atomic E-state index is 0.0231. The number of carbonyl (C=O) groups is 1. The number of H-pyrrole nitrogens is 1. The third-order valence-electron chi connectivity index (χ3n) is 3.35. The molecule has 1 unspecified atom stereocenters. The van der Waals surface area contributed by atoms with Crippen LogP contribution in [0.1, 0.15) is 38.4 Å². The number of anilines is 1. The van der Waals surface area contributed by atoms with Crippen LogP contribution in [0, 0.1) is 11.8 Å². The Labute approximate surface area is 111 Å². The number of aromatic amines is 1. The molecule has 6 heteroatoms. The predicted octanol–water partition coefficient (Wildman–Crippen LogP) is 1.42. The topological polar surface area (TPSA) is 95.1 Å². The number of nitrogens with one attached hydrogen (secondary N) is 2. The Kier molecular flexibility index (Phi) is 3.87. The van der Waals surface area contributed by atoms with Gasteiger partial charge in [-0.15, -0.1) is 0 Å². The standard InChI is InChI=1S/C13H19N3O3/c1-7(2)9(13(18)19)6-14-10-5-11(17)16-12(15-10)8-3-4-8/h5,7-9H,3-4,6H2,1-2H3,(H,18,19)(H2,14,15,16,17). The van der Waals surface area contributed by atoms with E-state index >= 15 is 0 Å². The summed E-state index contributed by atoms with van der Waals surface area (Å²) in [7, 11) is 0. The molecule has 0 bridgehead atoms. The first-order valence-corrected chi connectivity index (χ1v) is 6.55. The average molecular weight is 265 g/mol. The van der Waals surface area contributed by atoms with E-state index in [0.717, 1.165) is 12.8 Å². The smallest absolute Gasteiger partial charge is 0.308 e. The average Bonchev–Trinajstić information content (AvgIpc) is 3.11. The van der Waals surface area contributed by atoms with Crippen LogP contribution in [0.3, 0.4) is 0 Å². The van der Waals surface area contributed by atoms with Gasteiger partial charge in [0.15, 0.2) is 0 Å². The number of carboxylic acids is 1. The van der Waals surface area contributed by atoms with Gasteiger partial charge in [-0.3, -0.25) is 9.59 Å². The van der Waals surface area contributed by atoms with Gasteiger partial charge in [0.2, 0.25) is 0 Å². The summed E-state index contributed by atoms with van der Waals surface area (Å²) in [5, 5.41) is 12.1. The molecule has 6 nitrogen and oxygen atoms in total. The van der Waals surface area contributed by atoms with E-state index in [4.69, 9.17) is 5.11 Å². The highest BCUT2D eigenvalue weighted by Crippen LogP contribution is 2.37. The molecule has 0 aliphatic heterocycles. The van der Waals surface area contributed by atoms with Crippen LogP contribution in [-0.4, -0.2) is 27.6 Å². The highest BCUT2D eigenvalue weighted by Gasteiger charge is 2.27. The highest BCUT2D eigenvalue weighted by atomic mass is 16.4. The summed E-state index contributed by atoms with van der Waals surface area (Å²) < 4.78 is 0. The van der Waals surface area contributed by atoms with Gasteiger partial charge >= 0.3 is 5.97 Å². The lowest BCUT2D eigenvalue weighted by atomic mass is 9.96. The maximum atomic E-state index is 11.5. The number of nitrogens with zero attached hydrogens (tertiary/aromatic N) is 1. The molecule has 1 fully saturated rings. The van der Waals surface area contributed by atoms with Gasteiger partial charge in [0.1, 0.15) is 11.6 Å². The van der Waals surface area contributed by atoms with E-state index in [-0.39, 0.29) is 18.0 Å². The van der Waals surface area contributed by atoms with Crippen molar-refractivity contribution < 1.29 is 9.90 Å². The van der Waals surface area contributed by atoms with Crippen molar-refractivity contribution in [2.24, 2.45) is 11.8 Å². The molecule has 1 aliphatic rings. The third kappa shape index (κ3) is 3.56. The normalized spacial score (nSPS) is 16.4. The number of hydrogen-bond acceptors (Lipinski definition) is 4. The number of hydrogen-bond donors (Lipinski definition) is 3. The highest BCUT2D eigenvalue weighted by molar-refractivity contribution is 5.71. The molecule has 104 valence electrons. The van der Waals surface area contributed by atoms with Gasteiger partial charge in [0, 0.05) is 18.5 Å². The first-order valence-electron chi connectivity index (χ1n) is 6.55. The minimum atomic E-state index is -0.838. The van der Waals surface area contributed by atoms with E-state index in [1.54, 1.807) is 0 Å². The molecule has 1 aliphatic carbocycles. The molecule has 1 atom stereocenters. The van der Waals surface area contributed by atoms with Crippen LogP contribution >= 0.6 is 0 Å². The maximum Gasteiger partial charge on any atom is 0.308 e. The fraction of sp³-hybridized carbons (Fsp3) is 0.615. The molecule has 2 rings (SSSR count). The van der Waals surface area contributed by atoms with Crippen molar-refractivity contribution in [3.63, 3.8) is 0 Å². The Morgan fingerprint density at radius 1 is 1.58 bits per heavy atom. The Morgan fingerprint density at radius 3 is 2.79 bits per heavy atom. The summed E-state index contributed by atoms with van der Waals surface area (Å²) in [5.74, 6) is 0.203. The summed E-state index contributed by atoms with van der Waals surface area (Å²) >= 11 is 0. The molecule has 1 saturated carbocycles. The summed E-state index contributed by atoms with van der Waals surface area (Å²) in [6.45, 7) is 4.00. The van der Waals surface area contributed by atoms with Crippen LogP contribution in [-0.2, 0) is 4.79 Å². The largest absolute Gasteiger partial charge is 0.481 e. The van der Waals surface area contributed by atoms with Gasteiger partial charge in [0.25, 0.3) is 5.56 Å². The van der Waals surface area contributed by atoms with Crippen molar-refractivity contribution >= 4 is 11.8 Å². The van der Waals surface area contributed by atoms with Crippen LogP contribution in [0.25, 0.3) is 0 Å². The molecule has 3 N–H and O–H groups in total. The Bertz CT molecular complexity index is 520. The molecule has 0 aromatic carbocycles. The zero-order chi connectivity index (χ0) is 14.0. The van der Waals surface area contributed by atoms with Crippen molar-refractivity contribution in [1.29, 1.82) is 0 Å². The van der Waals surface area contributed by atoms with Gasteiger partial charge in [-0.1, -0.05) is 13.8 Å². The first kappa shape index (κ1) is 13.6. The molecular weight excluding hydrogens is 246 g/mol. The maximum absolute atomic E-state index is 11.5. The van der Waals surface area contributed by atoms with Crippen molar-refractivity contribution in [3.05, 3.63) is 22.2 Å². The molecule has 0 spiro atoms. The van der Waals surface area contributed by atoms with Crippen LogP contribution in [0.15, 0.2) is 10.9 Å². The van der Waals surface area contributed by atoms with E-state index in [0.29, 0.717) is 17.6 Å². The Hall–Kier alpha value is -1.85. The van der Waals surface area contributed by atoms with E-state index in [1.165, 1.54) is 6.07 Å². The van der Waals surface area contributed by atoms with Crippen LogP contribution < -0.4 is 10.9 Å². The lowest BCUT2D eigenvalue weighted by molar-refractivity contribution is -0.142. The van der Waals surface area contributed by atoms with Crippen LogP contribution in [0.4, 0.5) is 5.82 Å². The second-order valence-corrected chi connectivity index (χ2v) is 5.36. The molecule has 1 heterocycles. The summed E-state index contributed by atoms with van der Waals surface area (Å²) in [6.07, 6.45) is 2.10. The molecule has 0 amide bonds. The quantitative estimate of drug-likeness (QED) is 0.723. The molecular formula is C13H19N3O3. The van der Waals surface area contributed by atoms with Crippen molar-refractivity contribution in [3.8, 4) is 0 Å². The lowest BCUT2D eigenvalue weighted by Gasteiger charge is -2.17. The van der Waals surface area contributed by atoms with Gasteiger partial charge in [-0.2, -0.15) is 0 Å². The molecule has 19 heavy (non-hydrogen) atoms. The SMILES string of the molecule is CC(C)C(CNc1cc(=O)[nH]c(C2CC2)n1)C(=O)O. The Morgan fingerprint density at radius 2 is 2.26 bits per heavy atom. The number of rotatable bonds is 6. The summed E-state index contributed by atoms with van der Waals surface area (Å²) in [5.41, 5.74) is -0.198. The number of carboxylic acid groups (broad SMARTS) is 1. The summed E-state index contributed by atoms with van der Waals surface area (Å²) in [6, 6.07) is 1.37. The molecule has 1 aromatic heterocycles. The summed E-state index contributed by atoms with van der Waals surface area (Å²) in [4.78, 5) is 29.6. The zero-order valence-electron chi connectivity index (χ0n) is 11.1. The van der Waals surface area contributed by atoms with Crippen molar-refractivity contribution in [1.82, 2.24) is 9.97 Å². The third-order valence-corrected chi connectivity index (χ3v) is 3.35. The van der Waals surface area contributed by atoms with Gasteiger partial charge in [-0.25, -0.2) is 4.98 Å². The fourth-order valence-electron chi connectivity index (χ4n) is 1.94. The van der Waals surface area contributed by atoms with Gasteiger partial charge in [-0.05, 0) is 18.8 Å². The van der Waals surface area contributed by atoms with Gasteiger partial charge < -0.3 is 15.4 Å². The van der Waals surface area contributed by atoms with Crippen molar-refractivity contribution in [2.75, 3.05) is 11.9 Å². The number of aromatic nitrogens is 2. The first-order chi connectivity index (χ1) is 8.97. The monoisotopic (exact) mass is 265 g/mol. The second kappa shape index (κ2) is 5.42. The van der Waals surface area contributed by atoms with Crippen molar-refractivity contribution in [2.45, 2.75) is 32.6 Å². The van der Waals surface area contributed by atoms with E-state index in [2.05, 4.69) is 15.3 Å². The van der Waals surface area contributed by atoms with Crippen LogP contribution in [0.5, 0.6) is 0 Å². The predicted molar refractivity (Wildman–Crippen MR) is 71.3 cm³/mol. The van der Waals surface area contributed by atoms with E-state index < -0.39 is 11.9 Å². The lowest BCUT2D eigenvalue weighted by Crippen LogP contribution is -2.28. The van der Waals surface area contributed by atoms with Crippen LogP contribution in [0.2, 0.25) is 0 Å². The van der Waals surface area contributed by atoms with Gasteiger partial charge in [0.05, 0.1) is 5.92 Å². The molecule has 1 aromatic rings. The fourth-order valence-corrected chi connectivity index (χ4v) is 1.94. The number of aliphatic carboxylic acids is 1. The van der Waals surface area contributed by atoms with E-state index in [9.17, 15) is 9.59 Å². The van der Waals surface area contributed by atoms with E-state index in [1.807, 2.05) is 13.8 Å². The minimum Gasteiger partial charge on any atom is -0.481 e. The Balaban J connectivity index is 2.06. The molecule has 0 radical (unpaired) electrons. The second-order valence-electron chi connectivity index (χ2n) is 5.36. The molecule has 0 saturated heterocycles. The zero-order valence-corrected chi connectivity index (χ0v) is 11.1.